The van der Waals surface area contributed by atoms with Gasteiger partial charge in [-0.15, -0.1) is 0 Å². The van der Waals surface area contributed by atoms with Crippen molar-refractivity contribution in [3.8, 4) is 0 Å². The molecule has 0 aliphatic rings. The zero-order chi connectivity index (χ0) is 21.8. The summed E-state index contributed by atoms with van der Waals surface area (Å²) in [6.45, 7) is 7.90. The first-order valence-corrected chi connectivity index (χ1v) is 10.1. The molecule has 3 aromatic rings. The molecule has 0 bridgehead atoms. The fourth-order valence-corrected chi connectivity index (χ4v) is 3.33. The van der Waals surface area contributed by atoms with Gasteiger partial charge in [0, 0.05) is 11.1 Å². The zero-order valence-electron chi connectivity index (χ0n) is 17.9. The number of hydrogen-bond acceptors (Lipinski definition) is 2. The van der Waals surface area contributed by atoms with Crippen LogP contribution in [0.5, 0.6) is 0 Å². The maximum atomic E-state index is 12.6. The molecule has 0 heterocycles. The molecule has 0 fully saturated rings. The molecule has 2 N–H and O–H groups in total. The van der Waals surface area contributed by atoms with Crippen molar-refractivity contribution in [2.24, 2.45) is 0 Å². The van der Waals surface area contributed by atoms with Crippen LogP contribution in [-0.4, -0.2) is 11.8 Å². The lowest BCUT2D eigenvalue weighted by Gasteiger charge is -2.31. The van der Waals surface area contributed by atoms with Crippen molar-refractivity contribution in [2.75, 3.05) is 0 Å². The van der Waals surface area contributed by atoms with Crippen molar-refractivity contribution in [2.45, 2.75) is 38.8 Å². The summed E-state index contributed by atoms with van der Waals surface area (Å²) in [5.74, 6) is -0.245. The summed E-state index contributed by atoms with van der Waals surface area (Å²) in [5, 5.41) is 6.22. The van der Waals surface area contributed by atoms with Gasteiger partial charge in [-0.05, 0) is 63.1 Å². The lowest BCUT2D eigenvalue weighted by molar-refractivity contribution is 0.0905. The van der Waals surface area contributed by atoms with Gasteiger partial charge in [0.1, 0.15) is 0 Å². The molecule has 0 unspecified atom stereocenters. The van der Waals surface area contributed by atoms with Crippen molar-refractivity contribution >= 4 is 11.8 Å². The van der Waals surface area contributed by atoms with E-state index < -0.39 is 11.1 Å². The molecule has 0 spiro atoms. The highest BCUT2D eigenvalue weighted by molar-refractivity contribution is 5.95. The molecule has 30 heavy (non-hydrogen) atoms. The Morgan fingerprint density at radius 1 is 0.567 bits per heavy atom. The van der Waals surface area contributed by atoms with Crippen LogP contribution in [0, 0.1) is 0 Å². The minimum atomic E-state index is -0.581. The van der Waals surface area contributed by atoms with E-state index in [0.717, 1.165) is 11.1 Å². The van der Waals surface area contributed by atoms with E-state index >= 15 is 0 Å². The van der Waals surface area contributed by atoms with E-state index in [9.17, 15) is 9.59 Å². The third kappa shape index (κ3) is 4.95. The predicted octanol–water partition coefficient (Wildman–Crippen LogP) is 5.02. The van der Waals surface area contributed by atoms with E-state index in [0.29, 0.717) is 11.1 Å². The van der Waals surface area contributed by atoms with Crippen LogP contribution in [0.15, 0.2) is 84.9 Å². The molecule has 4 nitrogen and oxygen atoms in total. The normalized spacial score (nSPS) is 11.6. The second-order valence-corrected chi connectivity index (χ2v) is 8.47. The molecule has 0 radical (unpaired) electrons. The van der Waals surface area contributed by atoms with Crippen LogP contribution < -0.4 is 10.6 Å². The maximum absolute atomic E-state index is 12.6. The summed E-state index contributed by atoms with van der Waals surface area (Å²) in [4.78, 5) is 25.3. The molecule has 3 aromatic carbocycles. The van der Waals surface area contributed by atoms with Crippen LogP contribution in [0.4, 0.5) is 0 Å². The van der Waals surface area contributed by atoms with E-state index in [4.69, 9.17) is 0 Å². The molecular weight excluding hydrogens is 372 g/mol. The van der Waals surface area contributed by atoms with Gasteiger partial charge in [-0.25, -0.2) is 0 Å². The van der Waals surface area contributed by atoms with Gasteiger partial charge < -0.3 is 10.6 Å². The lowest BCUT2D eigenvalue weighted by Crippen LogP contribution is -2.43. The average Bonchev–Trinajstić information content (AvgIpc) is 2.74. The van der Waals surface area contributed by atoms with Gasteiger partial charge in [0.05, 0.1) is 11.1 Å². The maximum Gasteiger partial charge on any atom is 0.251 e. The third-order valence-electron chi connectivity index (χ3n) is 5.23. The van der Waals surface area contributed by atoms with Gasteiger partial charge in [0.15, 0.2) is 0 Å². The van der Waals surface area contributed by atoms with Crippen LogP contribution in [0.1, 0.15) is 59.5 Å². The number of nitrogens with one attached hydrogen (secondary N) is 2. The fourth-order valence-electron chi connectivity index (χ4n) is 3.33. The van der Waals surface area contributed by atoms with Crippen molar-refractivity contribution in [3.63, 3.8) is 0 Å². The largest absolute Gasteiger partial charge is 0.343 e. The fraction of sp³-hybridized carbons (Fsp3) is 0.231. The summed E-state index contributed by atoms with van der Waals surface area (Å²) in [6, 6.07) is 26.3. The average molecular weight is 401 g/mol. The monoisotopic (exact) mass is 400 g/mol. The molecule has 2 amide bonds. The Morgan fingerprint density at radius 2 is 0.933 bits per heavy atom. The van der Waals surface area contributed by atoms with Crippen molar-refractivity contribution < 1.29 is 9.59 Å². The molecule has 0 aromatic heterocycles. The molecule has 0 saturated heterocycles. The van der Waals surface area contributed by atoms with E-state index in [1.54, 1.807) is 24.3 Å². The van der Waals surface area contributed by atoms with Crippen molar-refractivity contribution in [3.05, 3.63) is 107 Å². The van der Waals surface area contributed by atoms with Gasteiger partial charge >= 0.3 is 0 Å². The van der Waals surface area contributed by atoms with Gasteiger partial charge in [0.2, 0.25) is 0 Å². The molecule has 0 aliphatic heterocycles. The van der Waals surface area contributed by atoms with Gasteiger partial charge in [-0.3, -0.25) is 9.59 Å². The van der Waals surface area contributed by atoms with Gasteiger partial charge in [-0.1, -0.05) is 60.7 Å². The number of hydrogen-bond donors (Lipinski definition) is 2. The number of rotatable bonds is 6. The van der Waals surface area contributed by atoms with E-state index in [1.807, 2.05) is 88.4 Å². The Bertz CT molecular complexity index is 944. The highest BCUT2D eigenvalue weighted by Gasteiger charge is 2.28. The number of carbonyl (C=O) groups is 2. The first-order chi connectivity index (χ1) is 14.2. The molecular formula is C26H28N2O2. The first kappa shape index (κ1) is 21.3. The molecule has 0 atom stereocenters. The Balaban J connectivity index is 1.80. The smallest absolute Gasteiger partial charge is 0.251 e. The number of benzene rings is 3. The standard InChI is InChI=1S/C26H28N2O2/c1-25(2,27-23(29)19-12-7-5-8-13-19)21-16-11-17-22(18-21)26(3,4)28-24(30)20-14-9-6-10-15-20/h5-18H,1-4H3,(H,27,29)(H,28,30). The Labute approximate surface area is 178 Å². The quantitative estimate of drug-likeness (QED) is 0.611. The highest BCUT2D eigenvalue weighted by atomic mass is 16.2. The van der Waals surface area contributed by atoms with Crippen LogP contribution in [0.3, 0.4) is 0 Å². The zero-order valence-corrected chi connectivity index (χ0v) is 17.9. The highest BCUT2D eigenvalue weighted by Crippen LogP contribution is 2.27. The topological polar surface area (TPSA) is 58.2 Å². The van der Waals surface area contributed by atoms with Crippen molar-refractivity contribution in [1.82, 2.24) is 10.6 Å². The molecule has 0 aliphatic carbocycles. The van der Waals surface area contributed by atoms with E-state index in [2.05, 4.69) is 10.6 Å². The predicted molar refractivity (Wildman–Crippen MR) is 120 cm³/mol. The minimum Gasteiger partial charge on any atom is -0.343 e. The first-order valence-electron chi connectivity index (χ1n) is 10.1. The van der Waals surface area contributed by atoms with Gasteiger partial charge in [-0.2, -0.15) is 0 Å². The summed E-state index contributed by atoms with van der Waals surface area (Å²) < 4.78 is 0. The molecule has 154 valence electrons. The van der Waals surface area contributed by atoms with Crippen LogP contribution >= 0.6 is 0 Å². The van der Waals surface area contributed by atoms with Crippen LogP contribution in [0.2, 0.25) is 0 Å². The molecule has 3 rings (SSSR count). The SMILES string of the molecule is CC(C)(NC(=O)c1ccccc1)c1cccc(C(C)(C)NC(=O)c2ccccc2)c1. The molecule has 0 saturated carbocycles. The molecule has 4 heteroatoms. The Morgan fingerprint density at radius 3 is 1.30 bits per heavy atom. The van der Waals surface area contributed by atoms with Gasteiger partial charge in [0.25, 0.3) is 11.8 Å². The third-order valence-corrected chi connectivity index (χ3v) is 5.23. The number of carbonyl (C=O) groups excluding carboxylic acids is 2. The van der Waals surface area contributed by atoms with Crippen LogP contribution in [0.25, 0.3) is 0 Å². The summed E-state index contributed by atoms with van der Waals surface area (Å²) in [6.07, 6.45) is 0. The second-order valence-electron chi connectivity index (χ2n) is 8.47. The Hall–Kier alpha value is -3.40. The van der Waals surface area contributed by atoms with Crippen molar-refractivity contribution in [1.29, 1.82) is 0 Å². The lowest BCUT2D eigenvalue weighted by atomic mass is 9.87. The summed E-state index contributed by atoms with van der Waals surface area (Å²) >= 11 is 0. The minimum absolute atomic E-state index is 0.123. The second kappa shape index (κ2) is 8.54. The van der Waals surface area contributed by atoms with E-state index in [-0.39, 0.29) is 11.8 Å². The van der Waals surface area contributed by atoms with E-state index in [1.165, 1.54) is 0 Å². The number of amides is 2. The summed E-state index contributed by atoms with van der Waals surface area (Å²) in [7, 11) is 0. The summed E-state index contributed by atoms with van der Waals surface area (Å²) in [5.41, 5.74) is 2.01. The Kier molecular flexibility index (Phi) is 6.06. The van der Waals surface area contributed by atoms with Crippen LogP contribution in [-0.2, 0) is 11.1 Å².